The van der Waals surface area contributed by atoms with Crippen LogP contribution >= 0.6 is 0 Å². The van der Waals surface area contributed by atoms with Crippen LogP contribution in [-0.2, 0) is 0 Å². The maximum absolute atomic E-state index is 12.3. The number of nitrogens with zero attached hydrogens (tertiary/aromatic N) is 2. The Labute approximate surface area is 144 Å². The van der Waals surface area contributed by atoms with Gasteiger partial charge in [-0.15, -0.1) is 0 Å². The molecule has 2 unspecified atom stereocenters. The predicted octanol–water partition coefficient (Wildman–Crippen LogP) is 3.20. The Morgan fingerprint density at radius 2 is 1.92 bits per heavy atom. The van der Waals surface area contributed by atoms with Gasteiger partial charge in [0.15, 0.2) is 0 Å². The minimum atomic E-state index is -0.148. The molecular weight excluding hydrogens is 302 g/mol. The number of carbonyl (C=O) groups excluding carboxylic acids is 1. The highest BCUT2D eigenvalue weighted by Gasteiger charge is 2.23. The van der Waals surface area contributed by atoms with Crippen molar-refractivity contribution in [3.8, 4) is 0 Å². The van der Waals surface area contributed by atoms with E-state index in [4.69, 9.17) is 0 Å². The average Bonchev–Trinajstić information content (AvgIpc) is 3.15. The van der Waals surface area contributed by atoms with Gasteiger partial charge < -0.3 is 10.4 Å². The van der Waals surface area contributed by atoms with Crippen LogP contribution in [0.2, 0.25) is 0 Å². The number of aliphatic hydroxyl groups excluding tert-OH is 1. The summed E-state index contributed by atoms with van der Waals surface area (Å²) in [6.07, 6.45) is 12.6. The van der Waals surface area contributed by atoms with Crippen molar-refractivity contribution in [1.82, 2.24) is 15.3 Å². The lowest BCUT2D eigenvalue weighted by Crippen LogP contribution is -2.28. The fourth-order valence-electron chi connectivity index (χ4n) is 4.06. The number of nitrogens with one attached hydrogen (secondary N) is 1. The molecule has 0 aliphatic heterocycles. The second-order valence-electron chi connectivity index (χ2n) is 7.29. The van der Waals surface area contributed by atoms with E-state index in [-0.39, 0.29) is 12.0 Å². The Kier molecular flexibility index (Phi) is 6.18. The van der Waals surface area contributed by atoms with Gasteiger partial charge in [-0.2, -0.15) is 0 Å². The first-order chi connectivity index (χ1) is 11.7. The highest BCUT2D eigenvalue weighted by Crippen LogP contribution is 2.31. The van der Waals surface area contributed by atoms with Gasteiger partial charge in [0.25, 0.3) is 5.91 Å². The topological polar surface area (TPSA) is 75.1 Å². The molecule has 0 radical (unpaired) electrons. The van der Waals surface area contributed by atoms with Gasteiger partial charge in [0.2, 0.25) is 0 Å². The van der Waals surface area contributed by atoms with Crippen LogP contribution in [0.25, 0.3) is 0 Å². The molecule has 2 atom stereocenters. The monoisotopic (exact) mass is 331 g/mol. The molecule has 2 fully saturated rings. The van der Waals surface area contributed by atoms with Gasteiger partial charge in [-0.25, -0.2) is 9.97 Å². The molecule has 0 aromatic carbocycles. The number of carbonyl (C=O) groups is 1. The summed E-state index contributed by atoms with van der Waals surface area (Å²) < 4.78 is 0. The maximum atomic E-state index is 12.3. The Bertz CT molecular complexity index is 543. The minimum absolute atomic E-state index is 0.110. The fraction of sp³-hybridized carbons (Fsp3) is 0.737. The molecule has 5 nitrogen and oxygen atoms in total. The molecule has 24 heavy (non-hydrogen) atoms. The molecule has 2 saturated carbocycles. The molecule has 5 heteroatoms. The minimum Gasteiger partial charge on any atom is -0.393 e. The van der Waals surface area contributed by atoms with Crippen LogP contribution in [0.15, 0.2) is 12.3 Å². The zero-order valence-corrected chi connectivity index (χ0v) is 14.4. The zero-order valence-electron chi connectivity index (χ0n) is 14.4. The van der Waals surface area contributed by atoms with Gasteiger partial charge in [0.05, 0.1) is 6.10 Å². The molecule has 2 aliphatic carbocycles. The van der Waals surface area contributed by atoms with Crippen molar-refractivity contribution in [1.29, 1.82) is 0 Å². The zero-order chi connectivity index (χ0) is 16.8. The molecule has 3 rings (SSSR count). The first kappa shape index (κ1) is 17.3. The van der Waals surface area contributed by atoms with E-state index in [2.05, 4.69) is 15.3 Å². The second kappa shape index (κ2) is 8.56. The molecule has 1 heterocycles. The van der Waals surface area contributed by atoms with Gasteiger partial charge in [-0.3, -0.25) is 4.79 Å². The molecule has 1 aromatic heterocycles. The van der Waals surface area contributed by atoms with Crippen LogP contribution in [0, 0.1) is 5.92 Å². The van der Waals surface area contributed by atoms with Crippen LogP contribution in [-0.4, -0.2) is 33.6 Å². The van der Waals surface area contributed by atoms with Crippen LogP contribution in [0.5, 0.6) is 0 Å². The third kappa shape index (κ3) is 4.53. The second-order valence-corrected chi connectivity index (χ2v) is 7.29. The first-order valence-corrected chi connectivity index (χ1v) is 9.53. The Morgan fingerprint density at radius 1 is 1.17 bits per heavy atom. The Morgan fingerprint density at radius 3 is 2.71 bits per heavy atom. The summed E-state index contributed by atoms with van der Waals surface area (Å²) in [5.41, 5.74) is 0.476. The van der Waals surface area contributed by atoms with Crippen LogP contribution in [0.3, 0.4) is 0 Å². The number of amides is 1. The van der Waals surface area contributed by atoms with E-state index in [9.17, 15) is 9.90 Å². The first-order valence-electron chi connectivity index (χ1n) is 9.53. The molecule has 0 saturated heterocycles. The molecule has 132 valence electrons. The van der Waals surface area contributed by atoms with E-state index in [0.717, 1.165) is 50.8 Å². The predicted molar refractivity (Wildman–Crippen MR) is 92.8 cm³/mol. The summed E-state index contributed by atoms with van der Waals surface area (Å²) in [6, 6.07) is 1.69. The van der Waals surface area contributed by atoms with Crippen molar-refractivity contribution >= 4 is 5.91 Å². The van der Waals surface area contributed by atoms with E-state index >= 15 is 0 Å². The number of rotatable bonds is 6. The summed E-state index contributed by atoms with van der Waals surface area (Å²) in [5, 5.41) is 12.9. The normalized spacial score (nSPS) is 24.9. The third-order valence-electron chi connectivity index (χ3n) is 5.53. The van der Waals surface area contributed by atoms with Gasteiger partial charge in [0.1, 0.15) is 11.5 Å². The number of hydrogen-bond donors (Lipinski definition) is 2. The van der Waals surface area contributed by atoms with Crippen molar-refractivity contribution in [3.63, 3.8) is 0 Å². The van der Waals surface area contributed by atoms with E-state index in [1.807, 2.05) is 0 Å². The summed E-state index contributed by atoms with van der Waals surface area (Å²) in [4.78, 5) is 21.1. The van der Waals surface area contributed by atoms with Crippen molar-refractivity contribution in [2.45, 2.75) is 76.2 Å². The average molecular weight is 331 g/mol. The number of aromatic nitrogens is 2. The molecule has 1 amide bonds. The standard InChI is InChI=1S/C19H29N3O2/c23-17-10-4-3-6-14(17)9-5-12-21-19(24)16-11-13-20-18(22-16)15-7-1-2-8-15/h11,13-15,17,23H,1-10,12H2,(H,21,24). The van der Waals surface area contributed by atoms with E-state index in [1.165, 1.54) is 19.3 Å². The lowest BCUT2D eigenvalue weighted by molar-refractivity contribution is 0.0641. The quantitative estimate of drug-likeness (QED) is 0.785. The van der Waals surface area contributed by atoms with Gasteiger partial charge in [0, 0.05) is 18.7 Å². The van der Waals surface area contributed by atoms with Gasteiger partial charge in [-0.05, 0) is 50.5 Å². The largest absolute Gasteiger partial charge is 0.393 e. The van der Waals surface area contributed by atoms with E-state index in [1.54, 1.807) is 12.3 Å². The number of aliphatic hydroxyl groups is 1. The van der Waals surface area contributed by atoms with Crippen LogP contribution in [0.1, 0.15) is 86.4 Å². The smallest absolute Gasteiger partial charge is 0.270 e. The van der Waals surface area contributed by atoms with Crippen molar-refractivity contribution < 1.29 is 9.90 Å². The molecule has 0 bridgehead atoms. The molecule has 0 spiro atoms. The van der Waals surface area contributed by atoms with Gasteiger partial charge in [-0.1, -0.05) is 25.7 Å². The summed E-state index contributed by atoms with van der Waals surface area (Å²) in [7, 11) is 0. The summed E-state index contributed by atoms with van der Waals surface area (Å²) >= 11 is 0. The Hall–Kier alpha value is -1.49. The lowest BCUT2D eigenvalue weighted by Gasteiger charge is -2.27. The van der Waals surface area contributed by atoms with Crippen LogP contribution < -0.4 is 5.32 Å². The SMILES string of the molecule is O=C(NCCCC1CCCCC1O)c1ccnc(C2CCCC2)n1. The van der Waals surface area contributed by atoms with Crippen molar-refractivity contribution in [3.05, 3.63) is 23.8 Å². The molecule has 1 aromatic rings. The number of hydrogen-bond acceptors (Lipinski definition) is 4. The van der Waals surface area contributed by atoms with E-state index in [0.29, 0.717) is 24.1 Å². The molecular formula is C19H29N3O2. The third-order valence-corrected chi connectivity index (χ3v) is 5.53. The van der Waals surface area contributed by atoms with Crippen molar-refractivity contribution in [2.24, 2.45) is 5.92 Å². The van der Waals surface area contributed by atoms with Crippen molar-refractivity contribution in [2.75, 3.05) is 6.54 Å². The van der Waals surface area contributed by atoms with Gasteiger partial charge >= 0.3 is 0 Å². The molecule has 2 aliphatic rings. The summed E-state index contributed by atoms with van der Waals surface area (Å²) in [6.45, 7) is 0.644. The molecule has 2 N–H and O–H groups in total. The summed E-state index contributed by atoms with van der Waals surface area (Å²) in [5.74, 6) is 1.54. The maximum Gasteiger partial charge on any atom is 0.270 e. The Balaban J connectivity index is 1.44. The van der Waals surface area contributed by atoms with E-state index < -0.39 is 0 Å². The fourth-order valence-corrected chi connectivity index (χ4v) is 4.06. The highest BCUT2D eigenvalue weighted by molar-refractivity contribution is 5.92. The van der Waals surface area contributed by atoms with Crippen LogP contribution in [0.4, 0.5) is 0 Å². The lowest BCUT2D eigenvalue weighted by atomic mass is 9.83. The highest BCUT2D eigenvalue weighted by atomic mass is 16.3.